The summed E-state index contributed by atoms with van der Waals surface area (Å²) in [6.45, 7) is 1.98. The van der Waals surface area contributed by atoms with Gasteiger partial charge in [0.1, 0.15) is 0 Å². The quantitative estimate of drug-likeness (QED) is 0.888. The van der Waals surface area contributed by atoms with Crippen LogP contribution in [0.1, 0.15) is 12.6 Å². The van der Waals surface area contributed by atoms with Crippen LogP contribution in [-0.2, 0) is 6.42 Å². The van der Waals surface area contributed by atoms with Gasteiger partial charge in [0.2, 0.25) is 0 Å². The number of nitrogens with zero attached hydrogens (tertiary/aromatic N) is 1. The van der Waals surface area contributed by atoms with Crippen molar-refractivity contribution in [3.05, 3.63) is 57.5 Å². The molecule has 2 N–H and O–H groups in total. The predicted molar refractivity (Wildman–Crippen MR) is 70.8 cm³/mol. The normalized spacial score (nSPS) is 10.5. The average molecular weight is 249 g/mol. The summed E-state index contributed by atoms with van der Waals surface area (Å²) in [4.78, 5) is 12.0. The van der Waals surface area contributed by atoms with Crippen molar-refractivity contribution in [3.8, 4) is 5.69 Å². The van der Waals surface area contributed by atoms with Crippen molar-refractivity contribution in [2.75, 3.05) is 5.73 Å². The van der Waals surface area contributed by atoms with Crippen LogP contribution in [-0.4, -0.2) is 4.57 Å². The Balaban J connectivity index is 2.70. The number of anilines is 1. The van der Waals surface area contributed by atoms with Gasteiger partial charge in [0.25, 0.3) is 5.56 Å². The Hall–Kier alpha value is -1.74. The van der Waals surface area contributed by atoms with Gasteiger partial charge in [0, 0.05) is 22.5 Å². The lowest BCUT2D eigenvalue weighted by Gasteiger charge is -2.12. The average Bonchev–Trinajstić information content (AvgIpc) is 2.27. The van der Waals surface area contributed by atoms with E-state index in [4.69, 9.17) is 17.3 Å². The van der Waals surface area contributed by atoms with Crippen LogP contribution in [0.5, 0.6) is 0 Å². The molecule has 0 aliphatic rings. The second-order valence-electron chi connectivity index (χ2n) is 3.79. The number of aromatic nitrogens is 1. The zero-order chi connectivity index (χ0) is 12.4. The van der Waals surface area contributed by atoms with Crippen molar-refractivity contribution in [2.45, 2.75) is 13.3 Å². The van der Waals surface area contributed by atoms with Gasteiger partial charge in [-0.3, -0.25) is 9.36 Å². The lowest BCUT2D eigenvalue weighted by molar-refractivity contribution is 0.878. The molecule has 0 radical (unpaired) electrons. The molecule has 3 nitrogen and oxygen atoms in total. The standard InChI is InChI=1S/C13H13ClN2O/c1-2-11-7-10(15)8-13(17)16(11)12-5-3-4-9(14)6-12/h3-8H,2,15H2,1H3. The summed E-state index contributed by atoms with van der Waals surface area (Å²) in [5, 5.41) is 0.605. The molecule has 0 spiro atoms. The van der Waals surface area contributed by atoms with Gasteiger partial charge in [-0.25, -0.2) is 0 Å². The van der Waals surface area contributed by atoms with Gasteiger partial charge >= 0.3 is 0 Å². The maximum absolute atomic E-state index is 12.0. The van der Waals surface area contributed by atoms with Crippen LogP contribution in [0.15, 0.2) is 41.2 Å². The highest BCUT2D eigenvalue weighted by Gasteiger charge is 2.06. The number of halogens is 1. The Bertz CT molecular complexity index is 605. The van der Waals surface area contributed by atoms with Gasteiger partial charge in [-0.15, -0.1) is 0 Å². The summed E-state index contributed by atoms with van der Waals surface area (Å²) in [6, 6.07) is 10.4. The summed E-state index contributed by atoms with van der Waals surface area (Å²) >= 11 is 5.93. The Labute approximate surface area is 104 Å². The molecule has 0 saturated carbocycles. The molecule has 0 saturated heterocycles. The highest BCUT2D eigenvalue weighted by Crippen LogP contribution is 2.16. The topological polar surface area (TPSA) is 48.0 Å². The van der Waals surface area contributed by atoms with Gasteiger partial charge in [0.05, 0.1) is 5.69 Å². The third kappa shape index (κ3) is 2.34. The highest BCUT2D eigenvalue weighted by atomic mass is 35.5. The summed E-state index contributed by atoms with van der Waals surface area (Å²) in [6.07, 6.45) is 0.729. The number of aryl methyl sites for hydroxylation is 1. The SMILES string of the molecule is CCc1cc(N)cc(=O)n1-c1cccc(Cl)c1. The third-order valence-corrected chi connectivity index (χ3v) is 2.79. The van der Waals surface area contributed by atoms with Crippen molar-refractivity contribution in [2.24, 2.45) is 0 Å². The van der Waals surface area contributed by atoms with Gasteiger partial charge in [-0.05, 0) is 30.7 Å². The van der Waals surface area contributed by atoms with Crippen LogP contribution >= 0.6 is 11.6 Å². The van der Waals surface area contributed by atoms with Gasteiger partial charge in [0.15, 0.2) is 0 Å². The molecule has 17 heavy (non-hydrogen) atoms. The van der Waals surface area contributed by atoms with Gasteiger partial charge in [-0.2, -0.15) is 0 Å². The highest BCUT2D eigenvalue weighted by molar-refractivity contribution is 6.30. The molecule has 1 aromatic carbocycles. The molecule has 4 heteroatoms. The maximum Gasteiger partial charge on any atom is 0.257 e. The van der Waals surface area contributed by atoms with Crippen LogP contribution in [0.2, 0.25) is 5.02 Å². The molecule has 0 unspecified atom stereocenters. The molecule has 0 aliphatic carbocycles. The van der Waals surface area contributed by atoms with Crippen molar-refractivity contribution >= 4 is 17.3 Å². The summed E-state index contributed by atoms with van der Waals surface area (Å²) in [5.41, 5.74) is 7.66. The predicted octanol–water partition coefficient (Wildman–Crippen LogP) is 2.64. The number of nitrogens with two attached hydrogens (primary N) is 1. The molecule has 0 atom stereocenters. The zero-order valence-electron chi connectivity index (χ0n) is 9.48. The Kier molecular flexibility index (Phi) is 3.20. The number of rotatable bonds is 2. The van der Waals surface area contributed by atoms with E-state index < -0.39 is 0 Å². The van der Waals surface area contributed by atoms with Crippen LogP contribution in [0.25, 0.3) is 5.69 Å². The molecule has 0 aliphatic heterocycles. The van der Waals surface area contributed by atoms with Crippen LogP contribution in [0.4, 0.5) is 5.69 Å². The van der Waals surface area contributed by atoms with E-state index in [0.29, 0.717) is 10.7 Å². The van der Waals surface area contributed by atoms with E-state index in [-0.39, 0.29) is 5.56 Å². The van der Waals surface area contributed by atoms with Crippen molar-refractivity contribution in [3.63, 3.8) is 0 Å². The van der Waals surface area contributed by atoms with E-state index in [1.165, 1.54) is 6.07 Å². The number of hydrogen-bond donors (Lipinski definition) is 1. The minimum absolute atomic E-state index is 0.135. The third-order valence-electron chi connectivity index (χ3n) is 2.56. The van der Waals surface area contributed by atoms with E-state index >= 15 is 0 Å². The lowest BCUT2D eigenvalue weighted by atomic mass is 10.2. The fourth-order valence-corrected chi connectivity index (χ4v) is 2.00. The van der Waals surface area contributed by atoms with Crippen LogP contribution < -0.4 is 11.3 Å². The molecule has 2 rings (SSSR count). The monoisotopic (exact) mass is 248 g/mol. The summed E-state index contributed by atoms with van der Waals surface area (Å²) < 4.78 is 1.63. The first-order valence-electron chi connectivity index (χ1n) is 5.39. The van der Waals surface area contributed by atoms with E-state index in [9.17, 15) is 4.79 Å². The van der Waals surface area contributed by atoms with E-state index in [2.05, 4.69) is 0 Å². The Morgan fingerprint density at radius 3 is 2.71 bits per heavy atom. The minimum atomic E-state index is -0.135. The molecule has 1 heterocycles. The first-order valence-corrected chi connectivity index (χ1v) is 5.77. The van der Waals surface area contributed by atoms with Gasteiger partial charge in [-0.1, -0.05) is 24.6 Å². The summed E-state index contributed by atoms with van der Waals surface area (Å²) in [5.74, 6) is 0. The van der Waals surface area contributed by atoms with E-state index in [1.807, 2.05) is 25.1 Å². The molecular formula is C13H13ClN2O. The largest absolute Gasteiger partial charge is 0.399 e. The fourth-order valence-electron chi connectivity index (χ4n) is 1.82. The Morgan fingerprint density at radius 2 is 2.06 bits per heavy atom. The van der Waals surface area contributed by atoms with Gasteiger partial charge < -0.3 is 5.73 Å². The fraction of sp³-hybridized carbons (Fsp3) is 0.154. The number of nitrogen functional groups attached to an aromatic ring is 1. The van der Waals surface area contributed by atoms with Crippen molar-refractivity contribution in [1.29, 1.82) is 0 Å². The smallest absolute Gasteiger partial charge is 0.257 e. The number of pyridine rings is 1. The lowest BCUT2D eigenvalue weighted by Crippen LogP contribution is -2.21. The van der Waals surface area contributed by atoms with Crippen LogP contribution in [0, 0.1) is 0 Å². The molecule has 2 aromatic rings. The number of hydrogen-bond acceptors (Lipinski definition) is 2. The van der Waals surface area contributed by atoms with E-state index in [1.54, 1.807) is 16.7 Å². The molecule has 1 aromatic heterocycles. The van der Waals surface area contributed by atoms with Crippen molar-refractivity contribution in [1.82, 2.24) is 4.57 Å². The van der Waals surface area contributed by atoms with Crippen molar-refractivity contribution < 1.29 is 0 Å². The molecule has 0 bridgehead atoms. The second kappa shape index (κ2) is 4.63. The molecule has 0 amide bonds. The summed E-state index contributed by atoms with van der Waals surface area (Å²) in [7, 11) is 0. The molecule has 0 fully saturated rings. The molecule has 88 valence electrons. The first-order chi connectivity index (χ1) is 8.11. The van der Waals surface area contributed by atoms with Crippen LogP contribution in [0.3, 0.4) is 0 Å². The first kappa shape index (κ1) is 11.7. The second-order valence-corrected chi connectivity index (χ2v) is 4.22. The molecular weight excluding hydrogens is 236 g/mol. The minimum Gasteiger partial charge on any atom is -0.399 e. The Morgan fingerprint density at radius 1 is 1.29 bits per heavy atom. The number of benzene rings is 1. The van der Waals surface area contributed by atoms with E-state index in [0.717, 1.165) is 17.8 Å². The zero-order valence-corrected chi connectivity index (χ0v) is 10.2. The maximum atomic E-state index is 12.0.